The van der Waals surface area contributed by atoms with Crippen LogP contribution in [0.25, 0.3) is 0 Å². The van der Waals surface area contributed by atoms with E-state index in [-0.39, 0.29) is 12.2 Å². The molecule has 8 heteroatoms. The summed E-state index contributed by atoms with van der Waals surface area (Å²) in [5, 5.41) is 3.88. The fraction of sp³-hybridized carbons (Fsp3) is 0.833. The van der Waals surface area contributed by atoms with Crippen molar-refractivity contribution in [1.29, 1.82) is 0 Å². The van der Waals surface area contributed by atoms with Crippen molar-refractivity contribution in [2.24, 2.45) is 5.73 Å². The number of aromatic nitrogens is 2. The number of rotatable bonds is 9. The lowest BCUT2D eigenvalue weighted by atomic mass is 10.2. The molecule has 1 unspecified atom stereocenters. The minimum Gasteiger partial charge on any atom is -0.338 e. The van der Waals surface area contributed by atoms with Gasteiger partial charge in [0.2, 0.25) is 5.89 Å². The fourth-order valence-electron chi connectivity index (χ4n) is 1.78. The zero-order valence-electron chi connectivity index (χ0n) is 12.4. The van der Waals surface area contributed by atoms with Crippen molar-refractivity contribution in [3.05, 3.63) is 11.7 Å². The van der Waals surface area contributed by atoms with Crippen molar-refractivity contribution >= 4 is 9.84 Å². The Labute approximate surface area is 120 Å². The summed E-state index contributed by atoms with van der Waals surface area (Å²) in [6, 6.07) is -0.528. The summed E-state index contributed by atoms with van der Waals surface area (Å²) >= 11 is 0. The maximum atomic E-state index is 11.1. The van der Waals surface area contributed by atoms with Crippen molar-refractivity contribution in [3.8, 4) is 0 Å². The first-order chi connectivity index (χ1) is 9.35. The number of nitrogens with two attached hydrogens (primary N) is 1. The highest BCUT2D eigenvalue weighted by Crippen LogP contribution is 2.12. The summed E-state index contributed by atoms with van der Waals surface area (Å²) in [7, 11) is -3.03. The summed E-state index contributed by atoms with van der Waals surface area (Å²) in [4.78, 5) is 6.49. The standard InChI is InChI=1S/C12H24N4O3S/c1-4-16(5-2)8-6-11-14-12(19-15-11)10(13)7-9-20(3,17)18/h10H,4-9,13H2,1-3H3. The highest BCUT2D eigenvalue weighted by atomic mass is 32.2. The van der Waals surface area contributed by atoms with Crippen LogP contribution in [0, 0.1) is 0 Å². The Morgan fingerprint density at radius 3 is 2.55 bits per heavy atom. The minimum atomic E-state index is -3.03. The zero-order chi connectivity index (χ0) is 15.2. The Kier molecular flexibility index (Phi) is 6.57. The van der Waals surface area contributed by atoms with Gasteiger partial charge in [-0.2, -0.15) is 4.98 Å². The van der Waals surface area contributed by atoms with Crippen LogP contribution >= 0.6 is 0 Å². The molecule has 0 aliphatic carbocycles. The minimum absolute atomic E-state index is 0.0192. The third-order valence-electron chi connectivity index (χ3n) is 3.15. The summed E-state index contributed by atoms with van der Waals surface area (Å²) in [6.07, 6.45) is 2.17. The van der Waals surface area contributed by atoms with E-state index in [0.29, 0.717) is 18.1 Å². The van der Waals surface area contributed by atoms with Gasteiger partial charge in [0, 0.05) is 19.2 Å². The van der Waals surface area contributed by atoms with E-state index in [1.807, 2.05) is 0 Å². The number of likely N-dealkylation sites (N-methyl/N-ethyl adjacent to an activating group) is 1. The van der Waals surface area contributed by atoms with Crippen LogP contribution in [0.3, 0.4) is 0 Å². The smallest absolute Gasteiger partial charge is 0.243 e. The zero-order valence-corrected chi connectivity index (χ0v) is 13.2. The maximum absolute atomic E-state index is 11.1. The molecule has 1 atom stereocenters. The molecular weight excluding hydrogens is 280 g/mol. The van der Waals surface area contributed by atoms with Crippen molar-refractivity contribution in [1.82, 2.24) is 15.0 Å². The van der Waals surface area contributed by atoms with Gasteiger partial charge < -0.3 is 15.2 Å². The Hall–Kier alpha value is -0.990. The van der Waals surface area contributed by atoms with Crippen LogP contribution in [0.2, 0.25) is 0 Å². The molecule has 7 nitrogen and oxygen atoms in total. The first-order valence-corrected chi connectivity index (χ1v) is 8.89. The summed E-state index contributed by atoms with van der Waals surface area (Å²) in [5.74, 6) is 0.940. The van der Waals surface area contributed by atoms with Crippen LogP contribution < -0.4 is 5.73 Å². The van der Waals surface area contributed by atoms with E-state index in [4.69, 9.17) is 10.3 Å². The van der Waals surface area contributed by atoms with Crippen LogP contribution in [0.5, 0.6) is 0 Å². The van der Waals surface area contributed by atoms with Gasteiger partial charge in [0.25, 0.3) is 0 Å². The second-order valence-electron chi connectivity index (χ2n) is 4.85. The van der Waals surface area contributed by atoms with E-state index in [1.54, 1.807) is 0 Å². The third kappa shape index (κ3) is 5.98. The molecule has 0 aromatic carbocycles. The highest BCUT2D eigenvalue weighted by molar-refractivity contribution is 7.90. The van der Waals surface area contributed by atoms with Gasteiger partial charge in [-0.05, 0) is 19.5 Å². The molecule has 20 heavy (non-hydrogen) atoms. The highest BCUT2D eigenvalue weighted by Gasteiger charge is 2.17. The average molecular weight is 304 g/mol. The maximum Gasteiger partial charge on any atom is 0.243 e. The summed E-state index contributed by atoms with van der Waals surface area (Å²) in [6.45, 7) is 7.03. The average Bonchev–Trinajstić information content (AvgIpc) is 2.85. The molecule has 116 valence electrons. The first-order valence-electron chi connectivity index (χ1n) is 6.83. The van der Waals surface area contributed by atoms with E-state index in [0.717, 1.165) is 19.6 Å². The number of hydrogen-bond acceptors (Lipinski definition) is 7. The predicted molar refractivity (Wildman–Crippen MR) is 77.0 cm³/mol. The topological polar surface area (TPSA) is 102 Å². The quantitative estimate of drug-likeness (QED) is 0.704. The molecule has 0 aliphatic rings. The molecule has 0 fully saturated rings. The molecule has 0 bridgehead atoms. The number of sulfone groups is 1. The molecule has 0 spiro atoms. The monoisotopic (exact) mass is 304 g/mol. The second kappa shape index (κ2) is 7.70. The van der Waals surface area contributed by atoms with Crippen LogP contribution in [0.1, 0.15) is 38.0 Å². The van der Waals surface area contributed by atoms with E-state index in [9.17, 15) is 8.42 Å². The van der Waals surface area contributed by atoms with Gasteiger partial charge in [0.05, 0.1) is 11.8 Å². The SMILES string of the molecule is CCN(CC)CCc1noc(C(N)CCS(C)(=O)=O)n1. The molecular formula is C12H24N4O3S. The molecule has 0 radical (unpaired) electrons. The van der Waals surface area contributed by atoms with Crippen LogP contribution in [-0.4, -0.2) is 55.1 Å². The second-order valence-corrected chi connectivity index (χ2v) is 7.11. The first kappa shape index (κ1) is 17.1. The van der Waals surface area contributed by atoms with Crippen LogP contribution in [0.4, 0.5) is 0 Å². The van der Waals surface area contributed by atoms with E-state index in [2.05, 4.69) is 28.9 Å². The lowest BCUT2D eigenvalue weighted by Crippen LogP contribution is -2.25. The summed E-state index contributed by atoms with van der Waals surface area (Å²) < 4.78 is 27.3. The molecule has 1 heterocycles. The van der Waals surface area contributed by atoms with E-state index >= 15 is 0 Å². The van der Waals surface area contributed by atoms with Gasteiger partial charge in [0.1, 0.15) is 9.84 Å². The number of nitrogens with zero attached hydrogens (tertiary/aromatic N) is 3. The van der Waals surface area contributed by atoms with Crippen molar-refractivity contribution < 1.29 is 12.9 Å². The van der Waals surface area contributed by atoms with Gasteiger partial charge in [-0.15, -0.1) is 0 Å². The molecule has 0 aliphatic heterocycles. The molecule has 1 rings (SSSR count). The van der Waals surface area contributed by atoms with Crippen molar-refractivity contribution in [3.63, 3.8) is 0 Å². The van der Waals surface area contributed by atoms with Gasteiger partial charge in [0.15, 0.2) is 5.82 Å². The van der Waals surface area contributed by atoms with E-state index < -0.39 is 15.9 Å². The van der Waals surface area contributed by atoms with Crippen molar-refractivity contribution in [2.45, 2.75) is 32.7 Å². The van der Waals surface area contributed by atoms with E-state index in [1.165, 1.54) is 6.26 Å². The van der Waals surface area contributed by atoms with Gasteiger partial charge in [-0.25, -0.2) is 8.42 Å². The lowest BCUT2D eigenvalue weighted by Gasteiger charge is -2.16. The van der Waals surface area contributed by atoms with Gasteiger partial charge >= 0.3 is 0 Å². The Balaban J connectivity index is 2.50. The molecule has 2 N–H and O–H groups in total. The number of hydrogen-bond donors (Lipinski definition) is 1. The lowest BCUT2D eigenvalue weighted by molar-refractivity contribution is 0.302. The van der Waals surface area contributed by atoms with Crippen molar-refractivity contribution in [2.75, 3.05) is 31.6 Å². The molecule has 0 saturated heterocycles. The largest absolute Gasteiger partial charge is 0.338 e. The Bertz CT molecular complexity index is 497. The molecule has 1 aromatic rings. The predicted octanol–water partition coefficient (Wildman–Crippen LogP) is 0.388. The molecule has 1 aromatic heterocycles. The Morgan fingerprint density at radius 1 is 1.35 bits per heavy atom. The third-order valence-corrected chi connectivity index (χ3v) is 4.12. The van der Waals surface area contributed by atoms with Gasteiger partial charge in [-0.3, -0.25) is 0 Å². The molecule has 0 amide bonds. The molecule has 0 saturated carbocycles. The normalized spacial score (nSPS) is 13.8. The fourth-order valence-corrected chi connectivity index (χ4v) is 2.46. The van der Waals surface area contributed by atoms with Crippen LogP contribution in [0.15, 0.2) is 4.52 Å². The Morgan fingerprint density at radius 2 is 2.00 bits per heavy atom. The van der Waals surface area contributed by atoms with Crippen LogP contribution in [-0.2, 0) is 16.3 Å². The van der Waals surface area contributed by atoms with Gasteiger partial charge in [-0.1, -0.05) is 19.0 Å². The summed E-state index contributed by atoms with van der Waals surface area (Å²) in [5.41, 5.74) is 5.85.